The first-order valence-electron chi connectivity index (χ1n) is 9.52. The molecule has 3 heteroatoms. The maximum Gasteiger partial charge on any atom is 0.243 e. The molecule has 3 aromatic carbocycles. The van der Waals surface area contributed by atoms with Gasteiger partial charge in [-0.05, 0) is 29.5 Å². The number of hydrazone groups is 1. The number of benzene rings is 3. The van der Waals surface area contributed by atoms with Crippen molar-refractivity contribution in [2.45, 2.75) is 12.3 Å². The van der Waals surface area contributed by atoms with E-state index in [1.54, 1.807) is 0 Å². The molecule has 28 heavy (non-hydrogen) atoms. The lowest BCUT2D eigenvalue weighted by atomic mass is 10.1. The Kier molecular flexibility index (Phi) is 5.43. The molecule has 1 fully saturated rings. The number of rotatable bonds is 6. The van der Waals surface area contributed by atoms with Crippen molar-refractivity contribution < 1.29 is 4.79 Å². The third-order valence-corrected chi connectivity index (χ3v) is 4.94. The molecule has 1 aliphatic carbocycles. The Morgan fingerprint density at radius 2 is 1.46 bits per heavy atom. The van der Waals surface area contributed by atoms with Crippen molar-refractivity contribution in [3.63, 3.8) is 0 Å². The summed E-state index contributed by atoms with van der Waals surface area (Å²) in [7, 11) is 0. The van der Waals surface area contributed by atoms with E-state index >= 15 is 0 Å². The molecule has 3 nitrogen and oxygen atoms in total. The summed E-state index contributed by atoms with van der Waals surface area (Å²) in [5.74, 6) is 0.285. The fourth-order valence-electron chi connectivity index (χ4n) is 3.30. The third kappa shape index (κ3) is 4.44. The normalized spacial score (nSPS) is 18.8. The van der Waals surface area contributed by atoms with E-state index < -0.39 is 0 Å². The Hall–Kier alpha value is -3.46. The first-order valence-corrected chi connectivity index (χ1v) is 9.52. The lowest BCUT2D eigenvalue weighted by Gasteiger charge is -2.04. The Balaban J connectivity index is 1.48. The molecular weight excluding hydrogens is 344 g/mol. The summed E-state index contributed by atoms with van der Waals surface area (Å²) >= 11 is 0. The molecule has 3 aromatic rings. The van der Waals surface area contributed by atoms with Crippen molar-refractivity contribution in [1.82, 2.24) is 5.43 Å². The van der Waals surface area contributed by atoms with Gasteiger partial charge in [0.25, 0.3) is 0 Å². The van der Waals surface area contributed by atoms with Gasteiger partial charge in [0, 0.05) is 11.5 Å². The van der Waals surface area contributed by atoms with E-state index in [1.807, 2.05) is 91.0 Å². The quantitative estimate of drug-likeness (QED) is 0.483. The minimum absolute atomic E-state index is 0.00118. The first-order chi connectivity index (χ1) is 13.8. The van der Waals surface area contributed by atoms with Crippen molar-refractivity contribution >= 4 is 17.7 Å². The van der Waals surface area contributed by atoms with Crippen LogP contribution in [0.1, 0.15) is 29.0 Å². The minimum Gasteiger partial charge on any atom is -0.273 e. The van der Waals surface area contributed by atoms with Crippen LogP contribution < -0.4 is 5.43 Å². The fraction of sp³-hybridized carbons (Fsp3) is 0.120. The molecule has 2 atom stereocenters. The van der Waals surface area contributed by atoms with Crippen molar-refractivity contribution in [1.29, 1.82) is 0 Å². The highest BCUT2D eigenvalue weighted by atomic mass is 16.2. The summed E-state index contributed by atoms with van der Waals surface area (Å²) in [6, 6.07) is 30.1. The summed E-state index contributed by atoms with van der Waals surface area (Å²) in [5, 5.41) is 4.43. The Labute approximate surface area is 165 Å². The van der Waals surface area contributed by atoms with Gasteiger partial charge in [0.1, 0.15) is 0 Å². The van der Waals surface area contributed by atoms with Crippen LogP contribution in [0.5, 0.6) is 0 Å². The van der Waals surface area contributed by atoms with Gasteiger partial charge in [-0.3, -0.25) is 4.79 Å². The third-order valence-electron chi connectivity index (χ3n) is 4.94. The smallest absolute Gasteiger partial charge is 0.243 e. The van der Waals surface area contributed by atoms with E-state index in [2.05, 4.69) is 22.7 Å². The van der Waals surface area contributed by atoms with E-state index in [1.165, 1.54) is 5.56 Å². The SMILES string of the molecule is O=C(N/N=C(/C=C/c1ccccc1)c1ccccc1)[C@@H]1C[C@H]1c1ccccc1. The highest BCUT2D eigenvalue weighted by Crippen LogP contribution is 2.47. The van der Waals surface area contributed by atoms with Gasteiger partial charge < -0.3 is 0 Å². The number of carbonyl (C=O) groups excluding carboxylic acids is 1. The molecule has 138 valence electrons. The Morgan fingerprint density at radius 3 is 2.14 bits per heavy atom. The minimum atomic E-state index is -0.0182. The average Bonchev–Trinajstić information content (AvgIpc) is 3.57. The lowest BCUT2D eigenvalue weighted by Crippen LogP contribution is -2.21. The van der Waals surface area contributed by atoms with Gasteiger partial charge in [-0.2, -0.15) is 5.10 Å². The van der Waals surface area contributed by atoms with E-state index in [4.69, 9.17) is 0 Å². The summed E-state index contributed by atoms with van der Waals surface area (Å²) in [5.41, 5.74) is 6.78. The second-order valence-corrected chi connectivity index (χ2v) is 6.94. The van der Waals surface area contributed by atoms with E-state index in [0.717, 1.165) is 23.3 Å². The molecular formula is C25H22N2O. The summed E-state index contributed by atoms with van der Waals surface area (Å²) < 4.78 is 0. The van der Waals surface area contributed by atoms with E-state index in [0.29, 0.717) is 5.92 Å². The van der Waals surface area contributed by atoms with Gasteiger partial charge in [-0.15, -0.1) is 0 Å². The summed E-state index contributed by atoms with van der Waals surface area (Å²) in [6.45, 7) is 0. The predicted octanol–water partition coefficient (Wildman–Crippen LogP) is 5.02. The van der Waals surface area contributed by atoms with Crippen LogP contribution in [0.25, 0.3) is 6.08 Å². The molecule has 1 amide bonds. The maximum absolute atomic E-state index is 12.6. The molecule has 1 N–H and O–H groups in total. The van der Waals surface area contributed by atoms with Gasteiger partial charge in [-0.25, -0.2) is 5.43 Å². The number of hydrogen-bond acceptors (Lipinski definition) is 2. The fourth-order valence-corrected chi connectivity index (χ4v) is 3.30. The van der Waals surface area contributed by atoms with Crippen LogP contribution in [-0.2, 0) is 4.79 Å². The Morgan fingerprint density at radius 1 is 0.857 bits per heavy atom. The van der Waals surface area contributed by atoms with Gasteiger partial charge >= 0.3 is 0 Å². The van der Waals surface area contributed by atoms with Crippen LogP contribution in [0.15, 0.2) is 102 Å². The standard InChI is InChI=1S/C25H22N2O/c28-25(23-18-22(23)20-12-6-2-7-13-20)27-26-24(21-14-8-3-9-15-21)17-16-19-10-4-1-5-11-19/h1-17,22-23H,18H2,(H,27,28)/b17-16+,26-24-/t22-,23+/m0/s1. The van der Waals surface area contributed by atoms with Crippen LogP contribution in [0.3, 0.4) is 0 Å². The molecule has 0 aliphatic heterocycles. The lowest BCUT2D eigenvalue weighted by molar-refractivity contribution is -0.122. The zero-order valence-corrected chi connectivity index (χ0v) is 15.5. The average molecular weight is 366 g/mol. The van der Waals surface area contributed by atoms with Gasteiger partial charge in [0.15, 0.2) is 0 Å². The van der Waals surface area contributed by atoms with Crippen LogP contribution in [0.4, 0.5) is 0 Å². The molecule has 0 heterocycles. The molecule has 0 aromatic heterocycles. The van der Waals surface area contributed by atoms with Crippen LogP contribution in [0.2, 0.25) is 0 Å². The summed E-state index contributed by atoms with van der Waals surface area (Å²) in [6.07, 6.45) is 4.82. The predicted molar refractivity (Wildman–Crippen MR) is 114 cm³/mol. The van der Waals surface area contributed by atoms with Crippen molar-refractivity contribution in [3.05, 3.63) is 114 Å². The number of amides is 1. The van der Waals surface area contributed by atoms with Crippen LogP contribution in [-0.4, -0.2) is 11.6 Å². The summed E-state index contributed by atoms with van der Waals surface area (Å²) in [4.78, 5) is 12.6. The van der Waals surface area contributed by atoms with Crippen molar-refractivity contribution in [2.24, 2.45) is 11.0 Å². The molecule has 0 spiro atoms. The van der Waals surface area contributed by atoms with Crippen molar-refractivity contribution in [3.8, 4) is 0 Å². The van der Waals surface area contributed by atoms with Gasteiger partial charge in [0.05, 0.1) is 5.71 Å². The topological polar surface area (TPSA) is 41.5 Å². The monoisotopic (exact) mass is 366 g/mol. The highest BCUT2D eigenvalue weighted by molar-refractivity contribution is 6.11. The van der Waals surface area contributed by atoms with Gasteiger partial charge in [-0.1, -0.05) is 97.1 Å². The maximum atomic E-state index is 12.6. The largest absolute Gasteiger partial charge is 0.273 e. The van der Waals surface area contributed by atoms with Crippen molar-refractivity contribution in [2.75, 3.05) is 0 Å². The van der Waals surface area contributed by atoms with E-state index in [9.17, 15) is 4.79 Å². The highest BCUT2D eigenvalue weighted by Gasteiger charge is 2.43. The number of carbonyl (C=O) groups is 1. The molecule has 1 aliphatic rings. The number of allylic oxidation sites excluding steroid dienone is 1. The molecule has 0 bridgehead atoms. The molecule has 0 unspecified atom stereocenters. The second-order valence-electron chi connectivity index (χ2n) is 6.94. The number of nitrogens with one attached hydrogen (secondary N) is 1. The molecule has 1 saturated carbocycles. The molecule has 0 saturated heterocycles. The zero-order chi connectivity index (χ0) is 19.2. The van der Waals surface area contributed by atoms with Crippen LogP contribution >= 0.6 is 0 Å². The number of nitrogens with zero attached hydrogens (tertiary/aromatic N) is 1. The molecule has 0 radical (unpaired) electrons. The number of hydrogen-bond donors (Lipinski definition) is 1. The first kappa shape index (κ1) is 17.9. The second kappa shape index (κ2) is 8.49. The van der Waals surface area contributed by atoms with Gasteiger partial charge in [0.2, 0.25) is 5.91 Å². The zero-order valence-electron chi connectivity index (χ0n) is 15.5. The van der Waals surface area contributed by atoms with Crippen LogP contribution in [0, 0.1) is 5.92 Å². The van der Waals surface area contributed by atoms with E-state index in [-0.39, 0.29) is 11.8 Å². The Bertz CT molecular complexity index is 979. The molecule has 4 rings (SSSR count).